The van der Waals surface area contributed by atoms with Gasteiger partial charge in [-0.3, -0.25) is 4.79 Å². The van der Waals surface area contributed by atoms with E-state index in [1.165, 1.54) is 26.4 Å². The Labute approximate surface area is 140 Å². The largest absolute Gasteiger partial charge is 0.497 e. The molecule has 5 heteroatoms. The van der Waals surface area contributed by atoms with E-state index >= 15 is 0 Å². The second-order valence-electron chi connectivity index (χ2n) is 5.14. The molecule has 2 aromatic rings. The number of benzene rings is 2. The zero-order valence-electron chi connectivity index (χ0n) is 13.8. The van der Waals surface area contributed by atoms with Gasteiger partial charge in [-0.1, -0.05) is 29.8 Å². The molecular formula is C19H19NO4. The highest BCUT2D eigenvalue weighted by molar-refractivity contribution is 6.06. The summed E-state index contributed by atoms with van der Waals surface area (Å²) < 4.78 is 9.82. The van der Waals surface area contributed by atoms with Crippen LogP contribution in [0.2, 0.25) is 0 Å². The van der Waals surface area contributed by atoms with Crippen LogP contribution in [0.15, 0.2) is 48.5 Å². The lowest BCUT2D eigenvalue weighted by Gasteiger charge is -2.10. The molecule has 5 nitrogen and oxygen atoms in total. The Balaban J connectivity index is 2.16. The normalized spacial score (nSPS) is 10.5. The lowest BCUT2D eigenvalue weighted by Crippen LogP contribution is -2.13. The van der Waals surface area contributed by atoms with Crippen LogP contribution in [0.25, 0.3) is 6.08 Å². The molecule has 0 aromatic heterocycles. The summed E-state index contributed by atoms with van der Waals surface area (Å²) in [6.45, 7) is 2.00. The third kappa shape index (κ3) is 4.46. The maximum Gasteiger partial charge on any atom is 0.340 e. The molecular weight excluding hydrogens is 306 g/mol. The van der Waals surface area contributed by atoms with E-state index in [0.29, 0.717) is 11.4 Å². The summed E-state index contributed by atoms with van der Waals surface area (Å²) in [5.74, 6) is -0.388. The molecule has 1 amide bonds. The number of carbonyl (C=O) groups is 2. The van der Waals surface area contributed by atoms with Gasteiger partial charge in [-0.2, -0.15) is 0 Å². The molecule has 0 aliphatic heterocycles. The van der Waals surface area contributed by atoms with Gasteiger partial charge in [0.1, 0.15) is 5.75 Å². The van der Waals surface area contributed by atoms with Crippen molar-refractivity contribution in [2.75, 3.05) is 19.5 Å². The third-order valence-electron chi connectivity index (χ3n) is 3.39. The summed E-state index contributed by atoms with van der Waals surface area (Å²) in [4.78, 5) is 23.9. The number of nitrogens with one attached hydrogen (secondary N) is 1. The maximum atomic E-state index is 12.1. The molecule has 1 N–H and O–H groups in total. The van der Waals surface area contributed by atoms with Crippen molar-refractivity contribution in [3.05, 3.63) is 65.2 Å². The molecule has 2 rings (SSSR count). The van der Waals surface area contributed by atoms with Crippen LogP contribution in [-0.4, -0.2) is 26.1 Å². The van der Waals surface area contributed by atoms with Crippen molar-refractivity contribution in [1.82, 2.24) is 0 Å². The van der Waals surface area contributed by atoms with Crippen molar-refractivity contribution in [3.8, 4) is 5.75 Å². The van der Waals surface area contributed by atoms with E-state index in [2.05, 4.69) is 5.32 Å². The second-order valence-corrected chi connectivity index (χ2v) is 5.14. The van der Waals surface area contributed by atoms with Gasteiger partial charge in [0.2, 0.25) is 5.91 Å². The molecule has 0 heterocycles. The second kappa shape index (κ2) is 7.97. The minimum Gasteiger partial charge on any atom is -0.497 e. The molecule has 0 radical (unpaired) electrons. The Kier molecular flexibility index (Phi) is 5.73. The fraction of sp³-hybridized carbons (Fsp3) is 0.158. The Bertz CT molecular complexity index is 763. The highest BCUT2D eigenvalue weighted by Crippen LogP contribution is 2.23. The molecule has 0 bridgehead atoms. The number of anilines is 1. The predicted molar refractivity (Wildman–Crippen MR) is 93.2 cm³/mol. The quantitative estimate of drug-likeness (QED) is 0.675. The summed E-state index contributed by atoms with van der Waals surface area (Å²) in [6, 6.07) is 12.6. The van der Waals surface area contributed by atoms with Gasteiger partial charge >= 0.3 is 5.97 Å². The van der Waals surface area contributed by atoms with Crippen LogP contribution in [0.4, 0.5) is 5.69 Å². The molecule has 0 aliphatic carbocycles. The molecule has 0 atom stereocenters. The number of rotatable bonds is 5. The van der Waals surface area contributed by atoms with Gasteiger partial charge in [0.15, 0.2) is 0 Å². The zero-order valence-corrected chi connectivity index (χ0v) is 13.8. The number of esters is 1. The molecule has 0 saturated carbocycles. The molecule has 24 heavy (non-hydrogen) atoms. The van der Waals surface area contributed by atoms with Gasteiger partial charge in [-0.25, -0.2) is 4.79 Å². The summed E-state index contributed by atoms with van der Waals surface area (Å²) in [5, 5.41) is 2.68. The van der Waals surface area contributed by atoms with Gasteiger partial charge in [-0.15, -0.1) is 0 Å². The molecule has 0 fully saturated rings. The minimum atomic E-state index is -0.549. The lowest BCUT2D eigenvalue weighted by atomic mass is 10.1. The summed E-state index contributed by atoms with van der Waals surface area (Å²) in [7, 11) is 2.78. The molecule has 0 unspecified atom stereocenters. The number of aryl methyl sites for hydroxylation is 1. The highest BCUT2D eigenvalue weighted by atomic mass is 16.5. The fourth-order valence-electron chi connectivity index (χ4n) is 2.06. The average molecular weight is 325 g/mol. The van der Waals surface area contributed by atoms with E-state index in [-0.39, 0.29) is 11.5 Å². The molecule has 0 spiro atoms. The van der Waals surface area contributed by atoms with Crippen LogP contribution >= 0.6 is 0 Å². The Morgan fingerprint density at radius 2 is 1.75 bits per heavy atom. The van der Waals surface area contributed by atoms with Crippen LogP contribution in [0.1, 0.15) is 21.5 Å². The summed E-state index contributed by atoms with van der Waals surface area (Å²) >= 11 is 0. The van der Waals surface area contributed by atoms with Gasteiger partial charge in [0, 0.05) is 6.08 Å². The Morgan fingerprint density at radius 1 is 1.04 bits per heavy atom. The first-order valence-corrected chi connectivity index (χ1v) is 7.35. The van der Waals surface area contributed by atoms with Gasteiger partial charge < -0.3 is 14.8 Å². The SMILES string of the molecule is COC(=O)c1cc(OC)ccc1NC(=O)/C=C/c1ccc(C)cc1. The fourth-order valence-corrected chi connectivity index (χ4v) is 2.06. The topological polar surface area (TPSA) is 64.6 Å². The standard InChI is InChI=1S/C19H19NO4/c1-13-4-6-14(7-5-13)8-11-18(21)20-17-10-9-15(23-2)12-16(17)19(22)24-3/h4-12H,1-3H3,(H,20,21)/b11-8+. The molecule has 0 saturated heterocycles. The van der Waals surface area contributed by atoms with Crippen LogP contribution in [0.3, 0.4) is 0 Å². The van der Waals surface area contributed by atoms with E-state index < -0.39 is 5.97 Å². The Morgan fingerprint density at radius 3 is 2.38 bits per heavy atom. The highest BCUT2D eigenvalue weighted by Gasteiger charge is 2.14. The maximum absolute atomic E-state index is 12.1. The van der Waals surface area contributed by atoms with Crippen molar-refractivity contribution in [2.45, 2.75) is 6.92 Å². The van der Waals surface area contributed by atoms with Gasteiger partial charge in [-0.05, 0) is 36.8 Å². The monoisotopic (exact) mass is 325 g/mol. The van der Waals surface area contributed by atoms with Crippen molar-refractivity contribution in [3.63, 3.8) is 0 Å². The molecule has 2 aromatic carbocycles. The molecule has 0 aliphatic rings. The third-order valence-corrected chi connectivity index (χ3v) is 3.39. The first-order chi connectivity index (χ1) is 11.5. The van der Waals surface area contributed by atoms with E-state index in [0.717, 1.165) is 11.1 Å². The number of methoxy groups -OCH3 is 2. The lowest BCUT2D eigenvalue weighted by molar-refractivity contribution is -0.111. The summed E-state index contributed by atoms with van der Waals surface area (Å²) in [5.41, 5.74) is 2.66. The van der Waals surface area contributed by atoms with E-state index in [4.69, 9.17) is 9.47 Å². The minimum absolute atomic E-state index is 0.230. The summed E-state index contributed by atoms with van der Waals surface area (Å²) in [6.07, 6.45) is 3.12. The number of ether oxygens (including phenoxy) is 2. The Hall–Kier alpha value is -3.08. The van der Waals surface area contributed by atoms with Gasteiger partial charge in [0.05, 0.1) is 25.5 Å². The van der Waals surface area contributed by atoms with Crippen LogP contribution < -0.4 is 10.1 Å². The van der Waals surface area contributed by atoms with Crippen LogP contribution in [0.5, 0.6) is 5.75 Å². The number of carbonyl (C=O) groups excluding carboxylic acids is 2. The average Bonchev–Trinajstić information content (AvgIpc) is 2.61. The predicted octanol–water partition coefficient (Wildman–Crippen LogP) is 3.44. The number of amides is 1. The van der Waals surface area contributed by atoms with E-state index in [9.17, 15) is 9.59 Å². The van der Waals surface area contributed by atoms with E-state index in [1.54, 1.807) is 18.2 Å². The number of hydrogen-bond acceptors (Lipinski definition) is 4. The van der Waals surface area contributed by atoms with Crippen molar-refractivity contribution in [2.24, 2.45) is 0 Å². The van der Waals surface area contributed by atoms with Gasteiger partial charge in [0.25, 0.3) is 0 Å². The van der Waals surface area contributed by atoms with Crippen LogP contribution in [0, 0.1) is 6.92 Å². The first-order valence-electron chi connectivity index (χ1n) is 7.35. The van der Waals surface area contributed by atoms with Crippen molar-refractivity contribution in [1.29, 1.82) is 0 Å². The zero-order chi connectivity index (χ0) is 17.5. The smallest absolute Gasteiger partial charge is 0.340 e. The molecule has 124 valence electrons. The van der Waals surface area contributed by atoms with Crippen molar-refractivity contribution >= 4 is 23.6 Å². The number of hydrogen-bond donors (Lipinski definition) is 1. The van der Waals surface area contributed by atoms with Crippen molar-refractivity contribution < 1.29 is 19.1 Å². The first kappa shape index (κ1) is 17.3. The van der Waals surface area contributed by atoms with E-state index in [1.807, 2.05) is 31.2 Å². The van der Waals surface area contributed by atoms with Crippen LogP contribution in [-0.2, 0) is 9.53 Å².